The zero-order chi connectivity index (χ0) is 14.1. The van der Waals surface area contributed by atoms with Gasteiger partial charge in [-0.1, -0.05) is 30.3 Å². The molecule has 0 fully saturated rings. The molecule has 0 aliphatic rings. The number of para-hydroxylation sites is 1. The van der Waals surface area contributed by atoms with Crippen LogP contribution < -0.4 is 0 Å². The Balaban J connectivity index is 2.06. The van der Waals surface area contributed by atoms with E-state index >= 15 is 0 Å². The van der Waals surface area contributed by atoms with Crippen molar-refractivity contribution < 1.29 is 5.11 Å². The van der Waals surface area contributed by atoms with Crippen molar-refractivity contribution >= 4 is 22.3 Å². The maximum atomic E-state index is 9.93. The molecular formula is C16H15N3O. The highest BCUT2D eigenvalue weighted by molar-refractivity contribution is 5.94. The van der Waals surface area contributed by atoms with E-state index in [1.54, 1.807) is 0 Å². The molecule has 100 valence electrons. The fraction of sp³-hybridized carbons (Fsp3) is 0.125. The minimum atomic E-state index is 0.0419. The molecule has 0 aliphatic carbocycles. The molecule has 20 heavy (non-hydrogen) atoms. The predicted octanol–water partition coefficient (Wildman–Crippen LogP) is 4.91. The molecule has 2 N–H and O–H groups in total. The first-order valence-corrected chi connectivity index (χ1v) is 6.44. The third-order valence-electron chi connectivity index (χ3n) is 3.28. The molecule has 4 nitrogen and oxygen atoms in total. The third kappa shape index (κ3) is 2.16. The van der Waals surface area contributed by atoms with Crippen molar-refractivity contribution in [3.05, 3.63) is 53.6 Å². The Morgan fingerprint density at radius 1 is 1.00 bits per heavy atom. The largest absolute Gasteiger partial charge is 0.493 e. The quantitative estimate of drug-likeness (QED) is 0.636. The molecule has 0 atom stereocenters. The van der Waals surface area contributed by atoms with Gasteiger partial charge < -0.3 is 10.1 Å². The molecule has 3 aromatic rings. The lowest BCUT2D eigenvalue weighted by atomic mass is 10.1. The van der Waals surface area contributed by atoms with Gasteiger partial charge in [0.2, 0.25) is 5.88 Å². The van der Waals surface area contributed by atoms with Crippen LogP contribution in [-0.4, -0.2) is 10.1 Å². The summed E-state index contributed by atoms with van der Waals surface area (Å²) >= 11 is 0. The number of benzene rings is 2. The molecule has 2 aromatic carbocycles. The topological polar surface area (TPSA) is 60.7 Å². The van der Waals surface area contributed by atoms with E-state index in [-0.39, 0.29) is 5.88 Å². The molecule has 0 radical (unpaired) electrons. The van der Waals surface area contributed by atoms with Crippen LogP contribution in [0.25, 0.3) is 10.9 Å². The highest BCUT2D eigenvalue weighted by Crippen LogP contribution is 2.36. The summed E-state index contributed by atoms with van der Waals surface area (Å²) in [6.45, 7) is 4.00. The zero-order valence-electron chi connectivity index (χ0n) is 11.4. The fourth-order valence-electron chi connectivity index (χ4n) is 2.15. The van der Waals surface area contributed by atoms with E-state index in [9.17, 15) is 5.11 Å². The number of aryl methyl sites for hydroxylation is 2. The van der Waals surface area contributed by atoms with Crippen LogP contribution in [-0.2, 0) is 0 Å². The second-order valence-electron chi connectivity index (χ2n) is 4.86. The van der Waals surface area contributed by atoms with Crippen LogP contribution in [0.4, 0.5) is 11.4 Å². The number of nitrogens with zero attached hydrogens (tertiary/aromatic N) is 2. The highest BCUT2D eigenvalue weighted by Gasteiger charge is 2.09. The molecule has 0 saturated carbocycles. The van der Waals surface area contributed by atoms with Gasteiger partial charge in [-0.3, -0.25) is 0 Å². The summed E-state index contributed by atoms with van der Waals surface area (Å²) in [5, 5.41) is 19.3. The van der Waals surface area contributed by atoms with Crippen molar-refractivity contribution in [2.75, 3.05) is 0 Å². The van der Waals surface area contributed by atoms with Crippen LogP contribution in [0.3, 0.4) is 0 Å². The molecule has 0 spiro atoms. The van der Waals surface area contributed by atoms with Gasteiger partial charge in [-0.05, 0) is 37.1 Å². The Hall–Kier alpha value is -2.62. The minimum absolute atomic E-state index is 0.0419. The summed E-state index contributed by atoms with van der Waals surface area (Å²) in [5.41, 5.74) is 4.32. The fourth-order valence-corrected chi connectivity index (χ4v) is 2.15. The van der Waals surface area contributed by atoms with Crippen LogP contribution in [0.15, 0.2) is 52.7 Å². The number of hydrogen-bond acceptors (Lipinski definition) is 3. The van der Waals surface area contributed by atoms with E-state index in [0.717, 1.165) is 27.7 Å². The number of rotatable bonds is 2. The van der Waals surface area contributed by atoms with Crippen molar-refractivity contribution in [2.24, 2.45) is 10.2 Å². The van der Waals surface area contributed by atoms with Gasteiger partial charge in [-0.2, -0.15) is 5.11 Å². The van der Waals surface area contributed by atoms with Gasteiger partial charge in [-0.15, -0.1) is 5.11 Å². The van der Waals surface area contributed by atoms with E-state index in [0.29, 0.717) is 5.69 Å². The van der Waals surface area contributed by atoms with Crippen molar-refractivity contribution in [2.45, 2.75) is 13.8 Å². The average Bonchev–Trinajstić information content (AvgIpc) is 2.75. The SMILES string of the molecule is Cc1ccc(C)c(N=Nc2c(O)[nH]c3ccccc23)c1. The summed E-state index contributed by atoms with van der Waals surface area (Å²) < 4.78 is 0. The van der Waals surface area contributed by atoms with E-state index in [1.807, 2.05) is 56.3 Å². The molecule has 0 unspecified atom stereocenters. The van der Waals surface area contributed by atoms with Crippen LogP contribution >= 0.6 is 0 Å². The predicted molar refractivity (Wildman–Crippen MR) is 80.1 cm³/mol. The molecule has 0 saturated heterocycles. The Labute approximate surface area is 116 Å². The first-order chi connectivity index (χ1) is 9.65. The molecule has 3 rings (SSSR count). The standard InChI is InChI=1S/C16H15N3O/c1-10-7-8-11(2)14(9-10)18-19-15-12-5-3-4-6-13(12)17-16(15)20/h3-9,17,20H,1-2H3. The lowest BCUT2D eigenvalue weighted by molar-refractivity contribution is 0.459. The smallest absolute Gasteiger partial charge is 0.218 e. The monoisotopic (exact) mass is 265 g/mol. The Kier molecular flexibility index (Phi) is 2.99. The van der Waals surface area contributed by atoms with E-state index in [2.05, 4.69) is 15.2 Å². The number of aromatic nitrogens is 1. The Morgan fingerprint density at radius 3 is 2.65 bits per heavy atom. The van der Waals surface area contributed by atoms with Gasteiger partial charge in [0.1, 0.15) is 0 Å². The van der Waals surface area contributed by atoms with Gasteiger partial charge in [0, 0.05) is 5.39 Å². The minimum Gasteiger partial charge on any atom is -0.493 e. The number of fused-ring (bicyclic) bond motifs is 1. The lowest BCUT2D eigenvalue weighted by Crippen LogP contribution is -1.76. The van der Waals surface area contributed by atoms with Crippen molar-refractivity contribution in [3.63, 3.8) is 0 Å². The second-order valence-corrected chi connectivity index (χ2v) is 4.86. The van der Waals surface area contributed by atoms with Crippen molar-refractivity contribution in [1.82, 2.24) is 4.98 Å². The number of aromatic hydroxyl groups is 1. The molecule has 0 bridgehead atoms. The van der Waals surface area contributed by atoms with Crippen LogP contribution in [0.2, 0.25) is 0 Å². The number of H-pyrrole nitrogens is 1. The number of azo groups is 1. The van der Waals surface area contributed by atoms with Crippen LogP contribution in [0.5, 0.6) is 5.88 Å². The number of nitrogens with one attached hydrogen (secondary N) is 1. The Bertz CT molecular complexity index is 803. The summed E-state index contributed by atoms with van der Waals surface area (Å²) in [7, 11) is 0. The maximum Gasteiger partial charge on any atom is 0.218 e. The first-order valence-electron chi connectivity index (χ1n) is 6.44. The van der Waals surface area contributed by atoms with E-state index in [4.69, 9.17) is 0 Å². The molecular weight excluding hydrogens is 250 g/mol. The average molecular weight is 265 g/mol. The van der Waals surface area contributed by atoms with Crippen molar-refractivity contribution in [1.29, 1.82) is 0 Å². The number of hydrogen-bond donors (Lipinski definition) is 2. The van der Waals surface area contributed by atoms with Crippen LogP contribution in [0.1, 0.15) is 11.1 Å². The summed E-state index contributed by atoms with van der Waals surface area (Å²) in [6, 6.07) is 13.6. The normalized spacial score (nSPS) is 11.5. The summed E-state index contributed by atoms with van der Waals surface area (Å²) in [6.07, 6.45) is 0. The lowest BCUT2D eigenvalue weighted by Gasteiger charge is -2.00. The third-order valence-corrected chi connectivity index (χ3v) is 3.28. The van der Waals surface area contributed by atoms with Gasteiger partial charge >= 0.3 is 0 Å². The summed E-state index contributed by atoms with van der Waals surface area (Å²) in [4.78, 5) is 2.89. The molecule has 0 aliphatic heterocycles. The van der Waals surface area contributed by atoms with E-state index < -0.39 is 0 Å². The van der Waals surface area contributed by atoms with Crippen LogP contribution in [0, 0.1) is 13.8 Å². The van der Waals surface area contributed by atoms with Gasteiger partial charge in [0.15, 0.2) is 5.69 Å². The second kappa shape index (κ2) is 4.81. The number of aromatic amines is 1. The molecule has 0 amide bonds. The van der Waals surface area contributed by atoms with E-state index in [1.165, 1.54) is 0 Å². The highest BCUT2D eigenvalue weighted by atomic mass is 16.3. The van der Waals surface area contributed by atoms with Crippen molar-refractivity contribution in [3.8, 4) is 5.88 Å². The van der Waals surface area contributed by atoms with Gasteiger partial charge in [0.05, 0.1) is 11.2 Å². The maximum absolute atomic E-state index is 9.93. The van der Waals surface area contributed by atoms with Gasteiger partial charge in [0.25, 0.3) is 0 Å². The zero-order valence-corrected chi connectivity index (χ0v) is 11.4. The molecule has 1 heterocycles. The summed E-state index contributed by atoms with van der Waals surface area (Å²) in [5.74, 6) is 0.0419. The Morgan fingerprint density at radius 2 is 1.80 bits per heavy atom. The first kappa shape index (κ1) is 12.4. The van der Waals surface area contributed by atoms with Gasteiger partial charge in [-0.25, -0.2) is 0 Å². The molecule has 4 heteroatoms. The molecule has 1 aromatic heterocycles.